The summed E-state index contributed by atoms with van der Waals surface area (Å²) in [7, 11) is 0. The molecule has 0 amide bonds. The van der Waals surface area contributed by atoms with Crippen LogP contribution in [0.5, 0.6) is 11.8 Å². The number of rotatable bonds is 5. The number of alkyl halides is 1. The third kappa shape index (κ3) is 4.19. The van der Waals surface area contributed by atoms with Crippen LogP contribution >= 0.6 is 11.6 Å². The van der Waals surface area contributed by atoms with Gasteiger partial charge in [-0.05, 0) is 50.4 Å². The van der Waals surface area contributed by atoms with Gasteiger partial charge < -0.3 is 20.1 Å². The predicted molar refractivity (Wildman–Crippen MR) is 142 cm³/mol. The second-order valence-electron chi connectivity index (χ2n) is 11.3. The Balaban J connectivity index is 1.35. The SMILES string of the molecule is Oc1cccc(F)c1-c1c(Cl)cc2c(N3CC4CCC(C3)N4)nc(OC[C@@]34CCCN3C[C@H](F)C4)nc2c1F. The van der Waals surface area contributed by atoms with Gasteiger partial charge in [-0.15, -0.1) is 0 Å². The summed E-state index contributed by atoms with van der Waals surface area (Å²) < 4.78 is 51.5. The quantitative estimate of drug-likeness (QED) is 0.464. The van der Waals surface area contributed by atoms with Crippen LogP contribution in [0.1, 0.15) is 32.1 Å². The number of nitrogens with one attached hydrogen (secondary N) is 1. The van der Waals surface area contributed by atoms with E-state index in [1.165, 1.54) is 18.2 Å². The van der Waals surface area contributed by atoms with E-state index in [9.17, 15) is 13.9 Å². The summed E-state index contributed by atoms with van der Waals surface area (Å²) >= 11 is 6.55. The van der Waals surface area contributed by atoms with E-state index in [4.69, 9.17) is 21.3 Å². The molecule has 206 valence electrons. The number of piperazine rings is 1. The number of aromatic hydroxyl groups is 1. The highest BCUT2D eigenvalue weighted by atomic mass is 35.5. The molecular formula is C28H29ClF3N5O2. The minimum absolute atomic E-state index is 0.0168. The summed E-state index contributed by atoms with van der Waals surface area (Å²) in [6.45, 7) is 2.76. The topological polar surface area (TPSA) is 73.8 Å². The van der Waals surface area contributed by atoms with Crippen molar-refractivity contribution in [3.63, 3.8) is 0 Å². The first-order valence-corrected chi connectivity index (χ1v) is 13.9. The molecule has 0 radical (unpaired) electrons. The molecule has 1 aromatic heterocycles. The van der Waals surface area contributed by atoms with E-state index in [1.54, 1.807) is 0 Å². The van der Waals surface area contributed by atoms with Crippen LogP contribution in [0.25, 0.3) is 22.0 Å². The van der Waals surface area contributed by atoms with Crippen molar-refractivity contribution in [3.05, 3.63) is 40.9 Å². The number of benzene rings is 2. The molecule has 0 saturated carbocycles. The molecule has 7 nitrogen and oxygen atoms in total. The van der Waals surface area contributed by atoms with Crippen molar-refractivity contribution in [3.8, 4) is 22.9 Å². The van der Waals surface area contributed by atoms with Crippen LogP contribution in [0.4, 0.5) is 19.0 Å². The van der Waals surface area contributed by atoms with Crippen molar-refractivity contribution in [2.75, 3.05) is 37.7 Å². The lowest BCUT2D eigenvalue weighted by atomic mass is 9.95. The Morgan fingerprint density at radius 3 is 2.69 bits per heavy atom. The fourth-order valence-electron chi connectivity index (χ4n) is 7.07. The van der Waals surface area contributed by atoms with Crippen molar-refractivity contribution < 1.29 is 23.0 Å². The number of hydrogen-bond acceptors (Lipinski definition) is 7. The highest BCUT2D eigenvalue weighted by molar-refractivity contribution is 6.34. The Bertz CT molecular complexity index is 1430. The third-order valence-corrected chi connectivity index (χ3v) is 9.13. The predicted octanol–water partition coefficient (Wildman–Crippen LogP) is 4.83. The molecule has 4 aliphatic rings. The van der Waals surface area contributed by atoms with Crippen LogP contribution in [-0.2, 0) is 0 Å². The molecule has 0 spiro atoms. The van der Waals surface area contributed by atoms with Crippen LogP contribution in [0.3, 0.4) is 0 Å². The maximum Gasteiger partial charge on any atom is 0.319 e. The Hall–Kier alpha value is -2.82. The van der Waals surface area contributed by atoms with Gasteiger partial charge in [-0.2, -0.15) is 9.97 Å². The Kier molecular flexibility index (Phi) is 6.06. The number of ether oxygens (including phenoxy) is 1. The van der Waals surface area contributed by atoms with E-state index in [0.29, 0.717) is 49.3 Å². The van der Waals surface area contributed by atoms with Gasteiger partial charge in [0.25, 0.3) is 0 Å². The molecule has 2 aromatic carbocycles. The molecule has 4 atom stereocenters. The Morgan fingerprint density at radius 1 is 1.13 bits per heavy atom. The minimum Gasteiger partial charge on any atom is -0.507 e. The van der Waals surface area contributed by atoms with Crippen molar-refractivity contribution in [1.29, 1.82) is 0 Å². The summed E-state index contributed by atoms with van der Waals surface area (Å²) in [4.78, 5) is 13.4. The maximum absolute atomic E-state index is 16.3. The first-order chi connectivity index (χ1) is 18.8. The lowest BCUT2D eigenvalue weighted by Crippen LogP contribution is -2.51. The summed E-state index contributed by atoms with van der Waals surface area (Å²) in [5.74, 6) is -1.60. The first kappa shape index (κ1) is 25.2. The van der Waals surface area contributed by atoms with E-state index in [0.717, 1.165) is 38.3 Å². The Morgan fingerprint density at radius 2 is 1.92 bits per heavy atom. The van der Waals surface area contributed by atoms with E-state index in [1.807, 2.05) is 0 Å². The zero-order chi connectivity index (χ0) is 26.9. The van der Waals surface area contributed by atoms with Gasteiger partial charge in [-0.1, -0.05) is 17.7 Å². The van der Waals surface area contributed by atoms with E-state index < -0.39 is 29.1 Å². The lowest BCUT2D eigenvalue weighted by Gasteiger charge is -2.34. The highest BCUT2D eigenvalue weighted by Crippen LogP contribution is 2.44. The molecule has 39 heavy (non-hydrogen) atoms. The van der Waals surface area contributed by atoms with E-state index >= 15 is 4.39 Å². The van der Waals surface area contributed by atoms with Crippen LogP contribution < -0.4 is 15.0 Å². The standard InChI is InChI=1S/C28H29ClF3N5O2/c29-19-9-18-25(24(32)22(19)23-20(31)3-1-4-21(23)38)34-27(35-26(18)36-12-16-5-6-17(13-36)33-16)39-14-28-7-2-8-37(28)11-15(30)10-28/h1,3-4,9,15-17,33,38H,2,5-8,10-14H2/t15-,16?,17?,28+/m1/s1. The molecule has 2 bridgehead atoms. The molecule has 4 aliphatic heterocycles. The molecule has 5 heterocycles. The van der Waals surface area contributed by atoms with Crippen LogP contribution in [-0.4, -0.2) is 76.6 Å². The van der Waals surface area contributed by atoms with Crippen molar-refractivity contribution in [1.82, 2.24) is 20.2 Å². The number of fused-ring (bicyclic) bond motifs is 4. The van der Waals surface area contributed by atoms with Crippen molar-refractivity contribution in [2.24, 2.45) is 0 Å². The van der Waals surface area contributed by atoms with E-state index in [2.05, 4.69) is 20.1 Å². The largest absolute Gasteiger partial charge is 0.507 e. The molecule has 2 unspecified atom stereocenters. The average Bonchev–Trinajstić information content (AvgIpc) is 3.54. The van der Waals surface area contributed by atoms with Gasteiger partial charge in [-0.3, -0.25) is 4.90 Å². The molecule has 4 saturated heterocycles. The minimum atomic E-state index is -0.908. The maximum atomic E-state index is 16.3. The molecule has 11 heteroatoms. The molecule has 0 aliphatic carbocycles. The van der Waals surface area contributed by atoms with Crippen molar-refractivity contribution >= 4 is 28.3 Å². The van der Waals surface area contributed by atoms with Gasteiger partial charge >= 0.3 is 6.01 Å². The van der Waals surface area contributed by atoms with Gasteiger partial charge in [0, 0.05) is 49.1 Å². The second kappa shape index (κ2) is 9.38. The van der Waals surface area contributed by atoms with Crippen LogP contribution in [0, 0.1) is 11.6 Å². The smallest absolute Gasteiger partial charge is 0.319 e. The number of nitrogens with zero attached hydrogens (tertiary/aromatic N) is 4. The van der Waals surface area contributed by atoms with Gasteiger partial charge in [0.1, 0.15) is 35.7 Å². The summed E-state index contributed by atoms with van der Waals surface area (Å²) in [6, 6.07) is 5.85. The summed E-state index contributed by atoms with van der Waals surface area (Å²) in [5.41, 5.74) is -1.09. The normalized spacial score (nSPS) is 28.4. The molecule has 2 N–H and O–H groups in total. The molecule has 7 rings (SSSR count). The van der Waals surface area contributed by atoms with Crippen molar-refractivity contribution in [2.45, 2.75) is 55.9 Å². The van der Waals surface area contributed by atoms with Crippen LogP contribution in [0.2, 0.25) is 5.02 Å². The molecular weight excluding hydrogens is 531 g/mol. The van der Waals surface area contributed by atoms with E-state index in [-0.39, 0.29) is 34.3 Å². The number of anilines is 1. The third-order valence-electron chi connectivity index (χ3n) is 8.83. The monoisotopic (exact) mass is 559 g/mol. The summed E-state index contributed by atoms with van der Waals surface area (Å²) in [5, 5.41) is 14.3. The number of hydrogen-bond donors (Lipinski definition) is 2. The lowest BCUT2D eigenvalue weighted by molar-refractivity contribution is 0.107. The van der Waals surface area contributed by atoms with Gasteiger partial charge in [0.2, 0.25) is 0 Å². The van der Waals surface area contributed by atoms with Gasteiger partial charge in [0.15, 0.2) is 5.82 Å². The van der Waals surface area contributed by atoms with Gasteiger partial charge in [0.05, 0.1) is 16.1 Å². The fourth-order valence-corrected chi connectivity index (χ4v) is 7.36. The average molecular weight is 560 g/mol. The highest BCUT2D eigenvalue weighted by Gasteiger charge is 2.49. The number of phenols is 1. The summed E-state index contributed by atoms with van der Waals surface area (Å²) in [6.07, 6.45) is 3.34. The molecule has 4 fully saturated rings. The first-order valence-electron chi connectivity index (χ1n) is 13.5. The zero-order valence-corrected chi connectivity index (χ0v) is 22.0. The Labute approximate surface area is 228 Å². The number of halogens is 4. The molecule has 3 aromatic rings. The second-order valence-corrected chi connectivity index (χ2v) is 11.7. The fraction of sp³-hybridized carbons (Fsp3) is 0.500. The zero-order valence-electron chi connectivity index (χ0n) is 21.3. The van der Waals surface area contributed by atoms with Crippen LogP contribution in [0.15, 0.2) is 24.3 Å². The number of aromatic nitrogens is 2. The number of phenolic OH excluding ortho intramolecular Hbond substituents is 1. The van der Waals surface area contributed by atoms with Gasteiger partial charge in [-0.25, -0.2) is 13.2 Å².